The zero-order valence-corrected chi connectivity index (χ0v) is 14.2. The van der Waals surface area contributed by atoms with Gasteiger partial charge in [0, 0.05) is 5.56 Å². The second-order valence-electron chi connectivity index (χ2n) is 5.28. The molecule has 1 aromatic heterocycles. The lowest BCUT2D eigenvalue weighted by Crippen LogP contribution is -2.11. The van der Waals surface area contributed by atoms with Crippen molar-refractivity contribution in [2.75, 3.05) is 0 Å². The van der Waals surface area contributed by atoms with Crippen molar-refractivity contribution in [1.82, 2.24) is 0 Å². The Kier molecular flexibility index (Phi) is 4.73. The van der Waals surface area contributed by atoms with Gasteiger partial charge in [0.2, 0.25) is 0 Å². The molecular formula is C19H18NO2Si. The molecule has 4 heteroatoms. The second-order valence-corrected chi connectivity index (χ2v) is 7.30. The zero-order valence-electron chi connectivity index (χ0n) is 13.2. The van der Waals surface area contributed by atoms with Gasteiger partial charge in [-0.15, -0.1) is 0 Å². The lowest BCUT2D eigenvalue weighted by Gasteiger charge is -2.12. The van der Waals surface area contributed by atoms with Crippen LogP contribution in [0.4, 0.5) is 5.69 Å². The van der Waals surface area contributed by atoms with Crippen LogP contribution in [0.3, 0.4) is 0 Å². The van der Waals surface area contributed by atoms with Crippen LogP contribution in [0.5, 0.6) is 5.75 Å². The van der Waals surface area contributed by atoms with Gasteiger partial charge in [-0.2, -0.15) is 0 Å². The van der Waals surface area contributed by atoms with Crippen molar-refractivity contribution < 1.29 is 8.84 Å². The highest BCUT2D eigenvalue weighted by Crippen LogP contribution is 2.29. The normalized spacial score (nSPS) is 11.7. The summed E-state index contributed by atoms with van der Waals surface area (Å²) in [6, 6.07) is 21.7. The third-order valence-corrected chi connectivity index (χ3v) is 3.84. The van der Waals surface area contributed by atoms with Gasteiger partial charge in [0.25, 0.3) is 9.04 Å². The SMILES string of the molecule is C[Si](C)Oc1ccccc1N=C(c1ccccc1)c1ccco1. The maximum absolute atomic E-state index is 5.96. The van der Waals surface area contributed by atoms with Crippen LogP contribution in [0.15, 0.2) is 82.4 Å². The molecule has 3 aromatic rings. The van der Waals surface area contributed by atoms with Crippen molar-refractivity contribution in [3.8, 4) is 5.75 Å². The molecule has 0 N–H and O–H groups in total. The highest BCUT2D eigenvalue weighted by molar-refractivity contribution is 6.49. The largest absolute Gasteiger partial charge is 0.541 e. The number of hydrogen-bond donors (Lipinski definition) is 0. The summed E-state index contributed by atoms with van der Waals surface area (Å²) in [6.07, 6.45) is 1.66. The molecule has 2 aromatic carbocycles. The maximum Gasteiger partial charge on any atom is 0.274 e. The Bertz CT molecular complexity index is 780. The number of para-hydroxylation sites is 2. The van der Waals surface area contributed by atoms with Crippen molar-refractivity contribution in [3.63, 3.8) is 0 Å². The predicted molar refractivity (Wildman–Crippen MR) is 95.0 cm³/mol. The van der Waals surface area contributed by atoms with Gasteiger partial charge in [0.15, 0.2) is 5.76 Å². The minimum atomic E-state index is -0.854. The third-order valence-electron chi connectivity index (χ3n) is 3.21. The van der Waals surface area contributed by atoms with E-state index in [1.165, 1.54) is 0 Å². The van der Waals surface area contributed by atoms with E-state index >= 15 is 0 Å². The Morgan fingerprint density at radius 2 is 1.65 bits per heavy atom. The van der Waals surface area contributed by atoms with E-state index in [9.17, 15) is 0 Å². The maximum atomic E-state index is 5.96. The summed E-state index contributed by atoms with van der Waals surface area (Å²) in [5, 5.41) is 0. The molecule has 0 spiro atoms. The first-order valence-electron chi connectivity index (χ1n) is 7.49. The molecule has 0 bridgehead atoms. The van der Waals surface area contributed by atoms with E-state index in [2.05, 4.69) is 13.1 Å². The van der Waals surface area contributed by atoms with Crippen LogP contribution in [-0.4, -0.2) is 14.8 Å². The first kappa shape index (κ1) is 15.3. The number of aliphatic imine (C=N–C) groups is 1. The monoisotopic (exact) mass is 320 g/mol. The summed E-state index contributed by atoms with van der Waals surface area (Å²) in [6.45, 7) is 4.21. The number of benzene rings is 2. The van der Waals surface area contributed by atoms with Crippen LogP contribution in [0.2, 0.25) is 13.1 Å². The Morgan fingerprint density at radius 3 is 2.35 bits per heavy atom. The highest BCUT2D eigenvalue weighted by Gasteiger charge is 2.12. The van der Waals surface area contributed by atoms with E-state index in [0.717, 1.165) is 28.5 Å². The average Bonchev–Trinajstić information content (AvgIpc) is 3.08. The van der Waals surface area contributed by atoms with Crippen molar-refractivity contribution in [2.24, 2.45) is 4.99 Å². The molecule has 0 saturated heterocycles. The fourth-order valence-electron chi connectivity index (χ4n) is 2.25. The average molecular weight is 320 g/mol. The first-order valence-corrected chi connectivity index (χ1v) is 9.90. The summed E-state index contributed by atoms with van der Waals surface area (Å²) in [4.78, 5) is 4.84. The molecule has 0 saturated carbocycles. The van der Waals surface area contributed by atoms with Gasteiger partial charge in [-0.25, -0.2) is 4.99 Å². The summed E-state index contributed by atoms with van der Waals surface area (Å²) in [7, 11) is -0.854. The molecule has 3 nitrogen and oxygen atoms in total. The number of rotatable bonds is 5. The smallest absolute Gasteiger partial charge is 0.274 e. The van der Waals surface area contributed by atoms with E-state index in [1.807, 2.05) is 66.7 Å². The molecule has 1 radical (unpaired) electrons. The topological polar surface area (TPSA) is 34.7 Å². The minimum absolute atomic E-state index is 0.740. The van der Waals surface area contributed by atoms with E-state index in [-0.39, 0.29) is 0 Å². The van der Waals surface area contributed by atoms with Gasteiger partial charge in [-0.3, -0.25) is 0 Å². The first-order chi connectivity index (χ1) is 11.2. The summed E-state index contributed by atoms with van der Waals surface area (Å²) >= 11 is 0. The van der Waals surface area contributed by atoms with Crippen molar-refractivity contribution >= 4 is 20.4 Å². The van der Waals surface area contributed by atoms with E-state index in [4.69, 9.17) is 13.8 Å². The molecule has 0 fully saturated rings. The van der Waals surface area contributed by atoms with Crippen LogP contribution in [0.1, 0.15) is 11.3 Å². The van der Waals surface area contributed by atoms with Crippen molar-refractivity contribution in [1.29, 1.82) is 0 Å². The van der Waals surface area contributed by atoms with Gasteiger partial charge >= 0.3 is 0 Å². The van der Waals surface area contributed by atoms with Crippen LogP contribution in [-0.2, 0) is 0 Å². The van der Waals surface area contributed by atoms with Crippen LogP contribution >= 0.6 is 0 Å². The van der Waals surface area contributed by atoms with Crippen LogP contribution in [0.25, 0.3) is 0 Å². The predicted octanol–water partition coefficient (Wildman–Crippen LogP) is 5.08. The minimum Gasteiger partial charge on any atom is -0.541 e. The highest BCUT2D eigenvalue weighted by atomic mass is 28.3. The Morgan fingerprint density at radius 1 is 0.913 bits per heavy atom. The summed E-state index contributed by atoms with van der Waals surface area (Å²) in [5.41, 5.74) is 2.62. The zero-order chi connectivity index (χ0) is 16.1. The molecule has 0 atom stereocenters. The van der Waals surface area contributed by atoms with E-state index in [1.54, 1.807) is 6.26 Å². The third kappa shape index (κ3) is 3.79. The van der Waals surface area contributed by atoms with Gasteiger partial charge in [-0.1, -0.05) is 42.5 Å². The van der Waals surface area contributed by atoms with E-state index in [0.29, 0.717) is 0 Å². The van der Waals surface area contributed by atoms with Gasteiger partial charge < -0.3 is 8.84 Å². The molecule has 0 unspecified atom stereocenters. The molecule has 0 aliphatic carbocycles. The fourth-order valence-corrected chi connectivity index (χ4v) is 2.86. The van der Waals surface area contributed by atoms with Crippen LogP contribution < -0.4 is 4.43 Å². The fraction of sp³-hybridized carbons (Fsp3) is 0.105. The van der Waals surface area contributed by atoms with Crippen molar-refractivity contribution in [3.05, 3.63) is 84.3 Å². The number of nitrogens with zero attached hydrogens (tertiary/aromatic N) is 1. The lowest BCUT2D eigenvalue weighted by molar-refractivity contribution is 0.558. The molecule has 3 rings (SSSR count). The molecule has 23 heavy (non-hydrogen) atoms. The Labute approximate surface area is 138 Å². The molecule has 115 valence electrons. The van der Waals surface area contributed by atoms with Crippen molar-refractivity contribution in [2.45, 2.75) is 13.1 Å². The molecule has 0 aliphatic rings. The quantitative estimate of drug-likeness (QED) is 0.485. The molecule has 0 amide bonds. The number of hydrogen-bond acceptors (Lipinski definition) is 3. The molecular weight excluding hydrogens is 302 g/mol. The van der Waals surface area contributed by atoms with Gasteiger partial charge in [-0.05, 0) is 37.4 Å². The molecule has 1 heterocycles. The molecule has 0 aliphatic heterocycles. The lowest BCUT2D eigenvalue weighted by atomic mass is 10.1. The van der Waals surface area contributed by atoms with Gasteiger partial charge in [0.05, 0.1) is 6.26 Å². The Balaban J connectivity index is 2.09. The summed E-state index contributed by atoms with van der Waals surface area (Å²) in [5.74, 6) is 1.55. The van der Waals surface area contributed by atoms with E-state index < -0.39 is 9.04 Å². The standard InChI is InChI=1S/C19H18NO2Si/c1-23(2)22-17-12-7-6-11-16(17)20-19(18-13-8-14-21-18)15-9-4-3-5-10-15/h3-14H,1-2H3. The summed E-state index contributed by atoms with van der Waals surface area (Å²) < 4.78 is 11.5. The Hall–Kier alpha value is -2.59. The number of furan rings is 1. The second kappa shape index (κ2) is 7.11. The van der Waals surface area contributed by atoms with Gasteiger partial charge in [0.1, 0.15) is 17.1 Å². The van der Waals surface area contributed by atoms with Crippen LogP contribution in [0, 0.1) is 0 Å².